The molecule has 0 aliphatic carbocycles. The highest BCUT2D eigenvalue weighted by Gasteiger charge is 2.19. The van der Waals surface area contributed by atoms with Crippen LogP contribution in [0.25, 0.3) is 21.8 Å². The minimum Gasteiger partial charge on any atom is -0.465 e. The lowest BCUT2D eigenvalue weighted by Gasteiger charge is -2.22. The molecule has 0 N–H and O–H groups in total. The highest BCUT2D eigenvalue weighted by molar-refractivity contribution is 6.35. The maximum absolute atomic E-state index is 13.1. The Morgan fingerprint density at radius 3 is 2.48 bits per heavy atom. The van der Waals surface area contributed by atoms with Gasteiger partial charge in [0.05, 0.1) is 28.4 Å². The van der Waals surface area contributed by atoms with Crippen LogP contribution in [0.5, 0.6) is 0 Å². The van der Waals surface area contributed by atoms with Crippen LogP contribution in [0.3, 0.4) is 0 Å². The molecule has 2 aromatic carbocycles. The van der Waals surface area contributed by atoms with Gasteiger partial charge in [-0.15, -0.1) is 0 Å². The van der Waals surface area contributed by atoms with Gasteiger partial charge in [0.2, 0.25) is 0 Å². The Morgan fingerprint density at radius 1 is 1.15 bits per heavy atom. The predicted molar refractivity (Wildman–Crippen MR) is 111 cm³/mol. The van der Waals surface area contributed by atoms with E-state index in [-0.39, 0.29) is 17.9 Å². The van der Waals surface area contributed by atoms with E-state index in [1.807, 2.05) is 41.8 Å². The molecule has 5 nitrogen and oxygen atoms in total. The minimum atomic E-state index is -0.352. The van der Waals surface area contributed by atoms with Gasteiger partial charge in [0.1, 0.15) is 6.54 Å². The molecule has 0 atom stereocenters. The molecule has 0 bridgehead atoms. The zero-order valence-electron chi connectivity index (χ0n) is 16.0. The number of nitrogens with zero attached hydrogens (tertiary/aromatic N) is 2. The Hall–Kier alpha value is -2.53. The number of fused-ring (bicyclic) bond motifs is 2. The molecule has 0 saturated carbocycles. The van der Waals surface area contributed by atoms with Gasteiger partial charge >= 0.3 is 5.97 Å². The first-order chi connectivity index (χ1) is 12.9. The van der Waals surface area contributed by atoms with Crippen molar-refractivity contribution in [3.8, 4) is 0 Å². The zero-order valence-corrected chi connectivity index (χ0v) is 16.8. The topological polar surface area (TPSA) is 51.5 Å². The molecule has 27 heavy (non-hydrogen) atoms. The van der Waals surface area contributed by atoms with E-state index in [2.05, 4.69) is 6.92 Å². The van der Waals surface area contributed by atoms with Gasteiger partial charge in [-0.05, 0) is 43.2 Å². The summed E-state index contributed by atoms with van der Waals surface area (Å²) in [5, 5.41) is 1.63. The number of aromatic nitrogens is 1. The summed E-state index contributed by atoms with van der Waals surface area (Å²) in [7, 11) is 3.74. The monoisotopic (exact) mass is 386 g/mol. The average Bonchev–Trinajstić information content (AvgIpc) is 2.64. The fraction of sp³-hybridized carbons (Fsp3) is 0.333. The lowest BCUT2D eigenvalue weighted by molar-refractivity contribution is -0.143. The molecule has 142 valence electrons. The van der Waals surface area contributed by atoms with E-state index in [1.54, 1.807) is 19.1 Å². The van der Waals surface area contributed by atoms with Crippen LogP contribution in [0, 0.1) is 0 Å². The van der Waals surface area contributed by atoms with Gasteiger partial charge in [0, 0.05) is 24.9 Å². The van der Waals surface area contributed by atoms with Gasteiger partial charge in [0.25, 0.3) is 0 Å². The number of ether oxygens (including phenoxy) is 1. The number of rotatable bonds is 5. The third kappa shape index (κ3) is 3.39. The summed E-state index contributed by atoms with van der Waals surface area (Å²) in [4.78, 5) is 27.3. The van der Waals surface area contributed by atoms with Gasteiger partial charge < -0.3 is 14.2 Å². The van der Waals surface area contributed by atoms with Crippen molar-refractivity contribution in [3.63, 3.8) is 0 Å². The molecule has 0 aliphatic heterocycles. The third-order valence-corrected chi connectivity index (χ3v) is 4.97. The molecule has 0 spiro atoms. The molecule has 6 heteroatoms. The molecule has 1 heterocycles. The minimum absolute atomic E-state index is 0.00939. The molecular formula is C21H23ClN2O3. The van der Waals surface area contributed by atoms with Gasteiger partial charge in [-0.25, -0.2) is 0 Å². The summed E-state index contributed by atoms with van der Waals surface area (Å²) in [6.45, 7) is 4.14. The molecule has 0 unspecified atom stereocenters. The van der Waals surface area contributed by atoms with Crippen molar-refractivity contribution in [3.05, 3.63) is 51.1 Å². The molecule has 0 saturated heterocycles. The Bertz CT molecular complexity index is 1090. The van der Waals surface area contributed by atoms with Gasteiger partial charge in [-0.3, -0.25) is 9.59 Å². The van der Waals surface area contributed by atoms with E-state index in [0.717, 1.165) is 12.0 Å². The maximum atomic E-state index is 13.1. The summed E-state index contributed by atoms with van der Waals surface area (Å²) in [6.07, 6.45) is 0.831. The van der Waals surface area contributed by atoms with E-state index >= 15 is 0 Å². The number of esters is 1. The first-order valence-corrected chi connectivity index (χ1v) is 9.37. The number of halogens is 1. The molecule has 0 aliphatic rings. The van der Waals surface area contributed by atoms with Crippen LogP contribution in [-0.4, -0.2) is 31.2 Å². The first kappa shape index (κ1) is 19.2. The van der Waals surface area contributed by atoms with Crippen molar-refractivity contribution < 1.29 is 9.53 Å². The normalized spacial score (nSPS) is 11.1. The van der Waals surface area contributed by atoms with E-state index in [1.165, 1.54) is 0 Å². The van der Waals surface area contributed by atoms with E-state index in [4.69, 9.17) is 16.3 Å². The maximum Gasteiger partial charge on any atom is 0.325 e. The largest absolute Gasteiger partial charge is 0.465 e. The molecular weight excluding hydrogens is 364 g/mol. The Morgan fingerprint density at radius 2 is 1.85 bits per heavy atom. The molecule has 1 aromatic heterocycles. The van der Waals surface area contributed by atoms with Crippen LogP contribution < -0.4 is 10.3 Å². The lowest BCUT2D eigenvalue weighted by atomic mass is 10.0. The number of hydrogen-bond acceptors (Lipinski definition) is 4. The number of carbonyl (C=O) groups is 1. The summed E-state index contributed by atoms with van der Waals surface area (Å²) in [6, 6.07) is 9.20. The van der Waals surface area contributed by atoms with E-state index in [9.17, 15) is 9.59 Å². The Labute approximate surface area is 163 Å². The fourth-order valence-electron chi connectivity index (χ4n) is 3.41. The molecule has 3 rings (SSSR count). The second kappa shape index (κ2) is 7.61. The standard InChI is InChI=1S/C21H23ClN2O3/c1-5-13-7-8-14-17(11-13)24(12-18(25)27-6-2)19-15(21(14)26)9-10-16(22)20(19)23(3)4/h7-11H,5-6,12H2,1-4H3. The van der Waals surface area contributed by atoms with Gasteiger partial charge in [-0.1, -0.05) is 24.6 Å². The smallest absolute Gasteiger partial charge is 0.325 e. The predicted octanol–water partition coefficient (Wildman–Crippen LogP) is 4.00. The van der Waals surface area contributed by atoms with Crippen LogP contribution in [0.2, 0.25) is 5.02 Å². The Balaban J connectivity index is 2.51. The number of carbonyl (C=O) groups excluding carboxylic acids is 1. The van der Waals surface area contributed by atoms with E-state index in [0.29, 0.717) is 39.1 Å². The van der Waals surface area contributed by atoms with Crippen molar-refractivity contribution in [2.75, 3.05) is 25.6 Å². The number of aryl methyl sites for hydroxylation is 1. The highest BCUT2D eigenvalue weighted by atomic mass is 35.5. The second-order valence-electron chi connectivity index (χ2n) is 6.61. The highest BCUT2D eigenvalue weighted by Crippen LogP contribution is 2.34. The summed E-state index contributed by atoms with van der Waals surface area (Å²) in [5.41, 5.74) is 3.09. The molecule has 0 radical (unpaired) electrons. The molecule has 3 aromatic rings. The number of pyridine rings is 1. The van der Waals surface area contributed by atoms with E-state index < -0.39 is 0 Å². The Kier molecular flexibility index (Phi) is 5.42. The van der Waals surface area contributed by atoms with Crippen molar-refractivity contribution in [2.45, 2.75) is 26.8 Å². The average molecular weight is 387 g/mol. The zero-order chi connectivity index (χ0) is 19.7. The first-order valence-electron chi connectivity index (χ1n) is 8.99. The van der Waals surface area contributed by atoms with Crippen molar-refractivity contribution in [1.29, 1.82) is 0 Å². The number of hydrogen-bond donors (Lipinski definition) is 0. The van der Waals surface area contributed by atoms with Crippen LogP contribution in [0.1, 0.15) is 19.4 Å². The van der Waals surface area contributed by atoms with Gasteiger partial charge in [0.15, 0.2) is 5.43 Å². The summed E-state index contributed by atoms with van der Waals surface area (Å²) >= 11 is 6.46. The second-order valence-corrected chi connectivity index (χ2v) is 7.02. The summed E-state index contributed by atoms with van der Waals surface area (Å²) < 4.78 is 7.03. The van der Waals surface area contributed by atoms with Crippen molar-refractivity contribution >= 4 is 45.1 Å². The van der Waals surface area contributed by atoms with Crippen molar-refractivity contribution in [2.24, 2.45) is 0 Å². The number of benzene rings is 2. The fourth-order valence-corrected chi connectivity index (χ4v) is 3.74. The molecule has 0 amide bonds. The third-order valence-electron chi connectivity index (χ3n) is 4.66. The van der Waals surface area contributed by atoms with Gasteiger partial charge in [-0.2, -0.15) is 0 Å². The van der Waals surface area contributed by atoms with Crippen LogP contribution in [0.4, 0.5) is 5.69 Å². The SMILES string of the molecule is CCOC(=O)Cn1c2cc(CC)ccc2c(=O)c2ccc(Cl)c(N(C)C)c21. The summed E-state index contributed by atoms with van der Waals surface area (Å²) in [5.74, 6) is -0.352. The van der Waals surface area contributed by atoms with Crippen LogP contribution >= 0.6 is 11.6 Å². The van der Waals surface area contributed by atoms with Crippen molar-refractivity contribution in [1.82, 2.24) is 4.57 Å². The van der Waals surface area contributed by atoms with Crippen LogP contribution in [0.15, 0.2) is 35.1 Å². The lowest BCUT2D eigenvalue weighted by Crippen LogP contribution is -2.21. The quantitative estimate of drug-likeness (QED) is 0.491. The molecule has 0 fully saturated rings. The number of anilines is 1. The van der Waals surface area contributed by atoms with Crippen LogP contribution in [-0.2, 0) is 22.5 Å².